The van der Waals surface area contributed by atoms with Crippen molar-refractivity contribution >= 4 is 23.4 Å². The molecular weight excluding hydrogens is 397 g/mol. The van der Waals surface area contributed by atoms with Crippen LogP contribution in [-0.2, 0) is 4.79 Å². The Morgan fingerprint density at radius 3 is 2.47 bits per heavy atom. The number of carbonyl (C=O) groups excluding carboxylic acids is 1. The lowest BCUT2D eigenvalue weighted by Gasteiger charge is -2.12. The van der Waals surface area contributed by atoms with Gasteiger partial charge >= 0.3 is 6.18 Å². The highest BCUT2D eigenvalue weighted by atomic mass is 19.4. The van der Waals surface area contributed by atoms with Gasteiger partial charge < -0.3 is 9.47 Å². The summed E-state index contributed by atoms with van der Waals surface area (Å²) in [6.07, 6.45) is -2.08. The van der Waals surface area contributed by atoms with Crippen LogP contribution in [0.2, 0.25) is 0 Å². The zero-order valence-electron chi connectivity index (χ0n) is 16.1. The van der Waals surface area contributed by atoms with Gasteiger partial charge in [0.2, 0.25) is 0 Å². The molecule has 0 aromatic heterocycles. The minimum absolute atomic E-state index is 0.246. The Hall–Kier alpha value is -3.55. The van der Waals surface area contributed by atoms with Crippen LogP contribution in [0.5, 0.6) is 11.5 Å². The fraction of sp³-hybridized carbons (Fsp3) is 0.182. The number of carbonyl (C=O) groups is 1. The lowest BCUT2D eigenvalue weighted by Crippen LogP contribution is -2.25. The maximum atomic E-state index is 13.6. The Bertz CT molecular complexity index is 998. The molecule has 0 fully saturated rings. The van der Waals surface area contributed by atoms with Gasteiger partial charge in [-0.15, -0.1) is 0 Å². The molecule has 0 saturated heterocycles. The van der Waals surface area contributed by atoms with Gasteiger partial charge in [-0.3, -0.25) is 4.79 Å². The number of halogens is 3. The van der Waals surface area contributed by atoms with Crippen molar-refractivity contribution in [3.63, 3.8) is 0 Å². The molecule has 3 rings (SSSR count). The number of alkyl halides is 3. The second-order valence-electron chi connectivity index (χ2n) is 6.20. The summed E-state index contributed by atoms with van der Waals surface area (Å²) in [7, 11) is 0. The van der Waals surface area contributed by atoms with Crippen LogP contribution in [0.3, 0.4) is 0 Å². The van der Waals surface area contributed by atoms with Crippen molar-refractivity contribution in [1.29, 1.82) is 0 Å². The minimum Gasteiger partial charge on any atom is -0.490 e. The highest BCUT2D eigenvalue weighted by Gasteiger charge is 2.46. The molecule has 1 amide bonds. The average Bonchev–Trinajstić information content (AvgIpc) is 3.05. The predicted molar refractivity (Wildman–Crippen MR) is 109 cm³/mol. The number of rotatable bonds is 7. The van der Waals surface area contributed by atoms with Crippen LogP contribution in [0, 0.1) is 0 Å². The van der Waals surface area contributed by atoms with Crippen molar-refractivity contribution in [1.82, 2.24) is 0 Å². The first kappa shape index (κ1) is 21.2. The summed E-state index contributed by atoms with van der Waals surface area (Å²) in [6, 6.07) is 12.6. The highest BCUT2D eigenvalue weighted by Crippen LogP contribution is 2.34. The van der Waals surface area contributed by atoms with Crippen LogP contribution < -0.4 is 14.5 Å². The van der Waals surface area contributed by atoms with Crippen molar-refractivity contribution in [2.75, 3.05) is 18.2 Å². The topological polar surface area (TPSA) is 51.1 Å². The number of hydrogen-bond acceptors (Lipinski definition) is 4. The van der Waals surface area contributed by atoms with E-state index in [1.807, 2.05) is 0 Å². The number of para-hydroxylation sites is 1. The van der Waals surface area contributed by atoms with Gasteiger partial charge in [-0.2, -0.15) is 23.3 Å². The normalized spacial score (nSPS) is 15.3. The SMILES string of the molecule is C=CCOc1ccc(/C=C2\C(=O)N(c3ccccc3)N=C2C(F)(F)F)cc1OCC. The molecule has 0 atom stereocenters. The third-order valence-electron chi connectivity index (χ3n) is 4.08. The van der Waals surface area contributed by atoms with Gasteiger partial charge in [-0.25, -0.2) is 0 Å². The van der Waals surface area contributed by atoms with E-state index in [-0.39, 0.29) is 12.3 Å². The second kappa shape index (κ2) is 8.86. The van der Waals surface area contributed by atoms with E-state index in [0.717, 1.165) is 11.1 Å². The molecule has 1 aliphatic heterocycles. The van der Waals surface area contributed by atoms with Crippen LogP contribution >= 0.6 is 0 Å². The number of hydrogen-bond donors (Lipinski definition) is 0. The van der Waals surface area contributed by atoms with Gasteiger partial charge in [0.15, 0.2) is 17.2 Å². The zero-order chi connectivity index (χ0) is 21.7. The fourth-order valence-corrected chi connectivity index (χ4v) is 2.82. The van der Waals surface area contributed by atoms with E-state index in [1.54, 1.807) is 43.3 Å². The molecule has 0 saturated carbocycles. The number of ether oxygens (including phenoxy) is 2. The standard InChI is InChI=1S/C22H19F3N2O3/c1-3-12-30-18-11-10-15(14-19(18)29-4-2)13-17-20(22(23,24)25)26-27(21(17)28)16-8-6-5-7-9-16/h3,5-11,13-14H,1,4,12H2,2H3/b17-13-. The van der Waals surface area contributed by atoms with Crippen molar-refractivity contribution < 1.29 is 27.4 Å². The molecule has 0 unspecified atom stereocenters. The smallest absolute Gasteiger partial charge is 0.435 e. The molecule has 0 radical (unpaired) electrons. The van der Waals surface area contributed by atoms with Crippen molar-refractivity contribution in [2.24, 2.45) is 5.10 Å². The first-order valence-electron chi connectivity index (χ1n) is 9.13. The van der Waals surface area contributed by atoms with Crippen LogP contribution in [0.1, 0.15) is 12.5 Å². The number of hydrazone groups is 1. The quantitative estimate of drug-likeness (QED) is 0.472. The van der Waals surface area contributed by atoms with Crippen LogP contribution in [0.4, 0.5) is 18.9 Å². The molecule has 8 heteroatoms. The summed E-state index contributed by atoms with van der Waals surface area (Å²) in [4.78, 5) is 12.8. The summed E-state index contributed by atoms with van der Waals surface area (Å²) >= 11 is 0. The Morgan fingerprint density at radius 1 is 1.10 bits per heavy atom. The first-order valence-corrected chi connectivity index (χ1v) is 9.13. The Balaban J connectivity index is 2.02. The van der Waals surface area contributed by atoms with Gasteiger partial charge in [0.05, 0.1) is 17.9 Å². The summed E-state index contributed by atoms with van der Waals surface area (Å²) in [5.41, 5.74) is -1.20. The van der Waals surface area contributed by atoms with Crippen LogP contribution in [-0.4, -0.2) is 31.0 Å². The number of nitrogens with zero attached hydrogens (tertiary/aromatic N) is 2. The van der Waals surface area contributed by atoms with Gasteiger partial charge in [-0.1, -0.05) is 36.9 Å². The zero-order valence-corrected chi connectivity index (χ0v) is 16.1. The lowest BCUT2D eigenvalue weighted by molar-refractivity contribution is -0.114. The van der Waals surface area contributed by atoms with Crippen LogP contribution in [0.25, 0.3) is 6.08 Å². The monoisotopic (exact) mass is 416 g/mol. The van der Waals surface area contributed by atoms with E-state index in [0.29, 0.717) is 23.7 Å². The van der Waals surface area contributed by atoms with Gasteiger partial charge in [0.25, 0.3) is 5.91 Å². The third-order valence-corrected chi connectivity index (χ3v) is 4.08. The largest absolute Gasteiger partial charge is 0.490 e. The summed E-state index contributed by atoms with van der Waals surface area (Å²) in [5, 5.41) is 4.29. The third kappa shape index (κ3) is 4.53. The van der Waals surface area contributed by atoms with Crippen molar-refractivity contribution in [2.45, 2.75) is 13.1 Å². The molecule has 1 heterocycles. The van der Waals surface area contributed by atoms with Crippen LogP contribution in [0.15, 0.2) is 71.9 Å². The van der Waals surface area contributed by atoms with Gasteiger partial charge in [-0.05, 0) is 42.8 Å². The summed E-state index contributed by atoms with van der Waals surface area (Å²) in [6.45, 7) is 5.92. The van der Waals surface area contributed by atoms with E-state index < -0.39 is 23.4 Å². The Kier molecular flexibility index (Phi) is 6.25. The molecule has 2 aromatic rings. The molecule has 30 heavy (non-hydrogen) atoms. The van der Waals surface area contributed by atoms with Crippen molar-refractivity contribution in [3.8, 4) is 11.5 Å². The minimum atomic E-state index is -4.79. The summed E-state index contributed by atoms with van der Waals surface area (Å²) < 4.78 is 51.7. The van der Waals surface area contributed by atoms with Gasteiger partial charge in [0, 0.05) is 0 Å². The van der Waals surface area contributed by atoms with Gasteiger partial charge in [0.1, 0.15) is 6.61 Å². The molecule has 0 aliphatic carbocycles. The van der Waals surface area contributed by atoms with E-state index in [9.17, 15) is 18.0 Å². The number of anilines is 1. The molecular formula is C22H19F3N2O3. The second-order valence-corrected chi connectivity index (χ2v) is 6.20. The van der Waals surface area contributed by atoms with Crippen molar-refractivity contribution in [3.05, 3.63) is 72.3 Å². The average molecular weight is 416 g/mol. The van der Waals surface area contributed by atoms with E-state index in [1.165, 1.54) is 18.2 Å². The van der Waals surface area contributed by atoms with E-state index in [2.05, 4.69) is 11.7 Å². The molecule has 2 aromatic carbocycles. The Labute approximate surface area is 171 Å². The molecule has 156 valence electrons. The lowest BCUT2D eigenvalue weighted by atomic mass is 10.1. The molecule has 1 aliphatic rings. The molecule has 5 nitrogen and oxygen atoms in total. The number of benzene rings is 2. The Morgan fingerprint density at radius 2 is 1.83 bits per heavy atom. The first-order chi connectivity index (χ1) is 14.3. The molecule has 0 bridgehead atoms. The highest BCUT2D eigenvalue weighted by molar-refractivity contribution is 6.34. The maximum Gasteiger partial charge on any atom is 0.435 e. The van der Waals surface area contributed by atoms with E-state index in [4.69, 9.17) is 9.47 Å². The summed E-state index contributed by atoms with van der Waals surface area (Å²) in [5.74, 6) is -0.0877. The molecule has 0 N–H and O–H groups in total. The van der Waals surface area contributed by atoms with E-state index >= 15 is 0 Å². The maximum absolute atomic E-state index is 13.6. The predicted octanol–water partition coefficient (Wildman–Crippen LogP) is 5.00. The fourth-order valence-electron chi connectivity index (χ4n) is 2.82. The number of amides is 1. The molecule has 0 spiro atoms.